The molecule has 160 valence electrons. The molecule has 0 atom stereocenters. The van der Waals surface area contributed by atoms with Crippen molar-refractivity contribution in [2.45, 2.75) is 19.3 Å². The normalized spacial score (nSPS) is 10.6. The number of aryl methyl sites for hydroxylation is 1. The molecular weight excluding hydrogens is 406 g/mol. The number of amides is 1. The van der Waals surface area contributed by atoms with Crippen LogP contribution in [-0.2, 0) is 17.6 Å². The Balaban J connectivity index is 1.29. The number of nitriles is 1. The molecule has 2 aromatic carbocycles. The average molecular weight is 427 g/mol. The number of nitrogens with two attached hydrogens (primary N) is 1. The van der Waals surface area contributed by atoms with Gasteiger partial charge in [0.2, 0.25) is 5.91 Å². The van der Waals surface area contributed by atoms with E-state index in [0.717, 1.165) is 16.9 Å². The monoisotopic (exact) mass is 427 g/mol. The summed E-state index contributed by atoms with van der Waals surface area (Å²) in [7, 11) is 0. The lowest BCUT2D eigenvalue weighted by Crippen LogP contribution is -2.26. The van der Waals surface area contributed by atoms with Gasteiger partial charge >= 0.3 is 0 Å². The molecule has 0 spiro atoms. The Hall–Kier alpha value is -4.52. The minimum absolute atomic E-state index is 0.0741. The summed E-state index contributed by atoms with van der Waals surface area (Å²) in [6.07, 6.45) is 2.96. The molecule has 3 N–H and O–H groups in total. The third kappa shape index (κ3) is 4.62. The molecule has 10 nitrogen and oxygen atoms in total. The molecule has 1 amide bonds. The van der Waals surface area contributed by atoms with Crippen LogP contribution in [0.1, 0.15) is 23.2 Å². The highest BCUT2D eigenvalue weighted by atomic mass is 16.1. The first-order chi connectivity index (χ1) is 15.7. The Kier molecular flexibility index (Phi) is 6.17. The number of para-hydroxylation sites is 1. The van der Waals surface area contributed by atoms with E-state index in [1.807, 2.05) is 54.6 Å². The van der Waals surface area contributed by atoms with Gasteiger partial charge in [-0.15, -0.1) is 5.10 Å². The second kappa shape index (κ2) is 9.53. The molecule has 0 radical (unpaired) electrons. The third-order valence-corrected chi connectivity index (χ3v) is 4.93. The predicted octanol–water partition coefficient (Wildman–Crippen LogP) is 1.59. The van der Waals surface area contributed by atoms with Gasteiger partial charge in [-0.2, -0.15) is 10.4 Å². The summed E-state index contributed by atoms with van der Waals surface area (Å²) in [6.45, 7) is 0.477. The topological polar surface area (TPSA) is 140 Å². The number of hydrogen-bond donors (Lipinski definition) is 2. The maximum Gasteiger partial charge on any atom is 0.224 e. The molecule has 4 rings (SSSR count). The van der Waals surface area contributed by atoms with Crippen molar-refractivity contribution in [1.82, 2.24) is 35.3 Å². The zero-order valence-electron chi connectivity index (χ0n) is 17.2. The van der Waals surface area contributed by atoms with Crippen LogP contribution in [0.5, 0.6) is 0 Å². The van der Waals surface area contributed by atoms with Gasteiger partial charge in [0.05, 0.1) is 23.5 Å². The summed E-state index contributed by atoms with van der Waals surface area (Å²) in [6, 6.07) is 19.0. The molecule has 0 aliphatic rings. The van der Waals surface area contributed by atoms with Gasteiger partial charge in [0.1, 0.15) is 23.8 Å². The minimum atomic E-state index is -0.0741. The summed E-state index contributed by atoms with van der Waals surface area (Å²) >= 11 is 0. The zero-order chi connectivity index (χ0) is 22.3. The average Bonchev–Trinajstić information content (AvgIpc) is 3.46. The summed E-state index contributed by atoms with van der Waals surface area (Å²) in [5, 5.41) is 27.9. The van der Waals surface area contributed by atoms with Crippen LogP contribution in [0.2, 0.25) is 0 Å². The summed E-state index contributed by atoms with van der Waals surface area (Å²) in [5.74, 6) is 0.248. The molecular formula is C22H21N9O. The standard InChI is InChI=1S/C22H21N9O/c23-14-19-20(27-31(22(19)24)18-5-2-1-3-6-18)7-4-12-25-21(32)13-16-8-10-17(11-9-16)30-15-26-28-29-30/h1-3,5-6,8-11,15H,4,7,12-13,24H2,(H,25,32). The van der Waals surface area contributed by atoms with Crippen molar-refractivity contribution >= 4 is 11.7 Å². The smallest absolute Gasteiger partial charge is 0.224 e. The van der Waals surface area contributed by atoms with E-state index in [0.29, 0.717) is 36.5 Å². The van der Waals surface area contributed by atoms with Gasteiger partial charge in [0, 0.05) is 6.54 Å². The van der Waals surface area contributed by atoms with Crippen molar-refractivity contribution in [2.75, 3.05) is 12.3 Å². The highest BCUT2D eigenvalue weighted by Gasteiger charge is 2.16. The predicted molar refractivity (Wildman–Crippen MR) is 117 cm³/mol. The second-order valence-corrected chi connectivity index (χ2v) is 7.12. The van der Waals surface area contributed by atoms with Gasteiger partial charge in [-0.25, -0.2) is 9.36 Å². The van der Waals surface area contributed by atoms with E-state index in [1.54, 1.807) is 9.36 Å². The van der Waals surface area contributed by atoms with Gasteiger partial charge in [0.15, 0.2) is 0 Å². The number of nitrogen functional groups attached to an aromatic ring is 1. The Morgan fingerprint density at radius 2 is 1.88 bits per heavy atom. The van der Waals surface area contributed by atoms with Crippen molar-refractivity contribution in [1.29, 1.82) is 5.26 Å². The van der Waals surface area contributed by atoms with E-state index >= 15 is 0 Å². The first-order valence-corrected chi connectivity index (χ1v) is 10.1. The summed E-state index contributed by atoms with van der Waals surface area (Å²) < 4.78 is 3.12. The number of nitrogens with one attached hydrogen (secondary N) is 1. The van der Waals surface area contributed by atoms with Crippen LogP contribution in [0.15, 0.2) is 60.9 Å². The highest BCUT2D eigenvalue weighted by molar-refractivity contribution is 5.78. The van der Waals surface area contributed by atoms with Gasteiger partial charge in [-0.3, -0.25) is 4.79 Å². The van der Waals surface area contributed by atoms with Crippen LogP contribution >= 0.6 is 0 Å². The summed E-state index contributed by atoms with van der Waals surface area (Å²) in [4.78, 5) is 12.3. The number of carbonyl (C=O) groups excluding carboxylic acids is 1. The van der Waals surface area contributed by atoms with Crippen LogP contribution in [0.3, 0.4) is 0 Å². The fourth-order valence-corrected chi connectivity index (χ4v) is 3.32. The largest absolute Gasteiger partial charge is 0.382 e. The quantitative estimate of drug-likeness (QED) is 0.407. The van der Waals surface area contributed by atoms with Crippen LogP contribution < -0.4 is 11.1 Å². The van der Waals surface area contributed by atoms with E-state index < -0.39 is 0 Å². The molecule has 32 heavy (non-hydrogen) atoms. The highest BCUT2D eigenvalue weighted by Crippen LogP contribution is 2.21. The first-order valence-electron chi connectivity index (χ1n) is 10.1. The number of anilines is 1. The Morgan fingerprint density at radius 1 is 1.09 bits per heavy atom. The van der Waals surface area contributed by atoms with E-state index in [9.17, 15) is 10.1 Å². The van der Waals surface area contributed by atoms with E-state index in [4.69, 9.17) is 5.73 Å². The first kappa shape index (κ1) is 20.7. The Morgan fingerprint density at radius 3 is 2.56 bits per heavy atom. The van der Waals surface area contributed by atoms with Crippen molar-refractivity contribution in [3.8, 4) is 17.4 Å². The Bertz CT molecular complexity index is 1220. The number of hydrogen-bond acceptors (Lipinski definition) is 7. The number of benzene rings is 2. The lowest BCUT2D eigenvalue weighted by molar-refractivity contribution is -0.120. The fraction of sp³-hybridized carbons (Fsp3) is 0.182. The van der Waals surface area contributed by atoms with Crippen LogP contribution in [0.25, 0.3) is 11.4 Å². The van der Waals surface area contributed by atoms with Crippen LogP contribution in [0, 0.1) is 11.3 Å². The number of tetrazole rings is 1. The molecule has 10 heteroatoms. The molecule has 2 heterocycles. The van der Waals surface area contributed by atoms with Gasteiger partial charge in [-0.1, -0.05) is 30.3 Å². The molecule has 0 aliphatic heterocycles. The van der Waals surface area contributed by atoms with Gasteiger partial charge in [-0.05, 0) is 53.1 Å². The van der Waals surface area contributed by atoms with Crippen molar-refractivity contribution in [3.63, 3.8) is 0 Å². The molecule has 0 aliphatic carbocycles. The molecule has 0 bridgehead atoms. The molecule has 0 saturated carbocycles. The third-order valence-electron chi connectivity index (χ3n) is 4.93. The number of carbonyl (C=O) groups is 1. The maximum atomic E-state index is 12.3. The molecule has 0 unspecified atom stereocenters. The lowest BCUT2D eigenvalue weighted by Gasteiger charge is -2.06. The van der Waals surface area contributed by atoms with Crippen molar-refractivity contribution in [3.05, 3.63) is 77.7 Å². The van der Waals surface area contributed by atoms with Gasteiger partial charge in [0.25, 0.3) is 0 Å². The lowest BCUT2D eigenvalue weighted by atomic mass is 10.1. The van der Waals surface area contributed by atoms with Crippen molar-refractivity contribution in [2.24, 2.45) is 0 Å². The molecule has 4 aromatic rings. The number of rotatable bonds is 8. The van der Waals surface area contributed by atoms with Crippen LogP contribution in [0.4, 0.5) is 5.82 Å². The molecule has 0 saturated heterocycles. The number of nitrogens with zero attached hydrogens (tertiary/aromatic N) is 7. The molecule has 0 fully saturated rings. The van der Waals surface area contributed by atoms with Gasteiger partial charge < -0.3 is 11.1 Å². The Labute approximate surface area is 184 Å². The maximum absolute atomic E-state index is 12.3. The second-order valence-electron chi connectivity index (χ2n) is 7.12. The van der Waals surface area contributed by atoms with E-state index in [2.05, 4.69) is 32.0 Å². The van der Waals surface area contributed by atoms with Crippen molar-refractivity contribution < 1.29 is 4.79 Å². The summed E-state index contributed by atoms with van der Waals surface area (Å²) in [5.41, 5.74) is 9.63. The fourth-order valence-electron chi connectivity index (χ4n) is 3.32. The minimum Gasteiger partial charge on any atom is -0.382 e. The number of aromatic nitrogens is 6. The zero-order valence-corrected chi connectivity index (χ0v) is 17.2. The molecule has 2 aromatic heterocycles. The van der Waals surface area contributed by atoms with E-state index in [1.165, 1.54) is 6.33 Å². The SMILES string of the molecule is N#Cc1c(CCCNC(=O)Cc2ccc(-n3cnnn3)cc2)nn(-c2ccccc2)c1N. The van der Waals surface area contributed by atoms with E-state index in [-0.39, 0.29) is 12.3 Å². The van der Waals surface area contributed by atoms with Crippen LogP contribution in [-0.4, -0.2) is 42.4 Å².